The Balaban J connectivity index is 0.0000000990. The molecule has 20 heteroatoms. The Labute approximate surface area is 711 Å². The van der Waals surface area contributed by atoms with E-state index in [4.69, 9.17) is 0 Å². The molecule has 4 saturated carbocycles. The van der Waals surface area contributed by atoms with Gasteiger partial charge in [0.1, 0.15) is 0 Å². The molecule has 8 aliphatic carbocycles. The van der Waals surface area contributed by atoms with Crippen molar-refractivity contribution in [1.29, 1.82) is 0 Å². The van der Waals surface area contributed by atoms with Gasteiger partial charge in [-0.1, -0.05) is 218 Å². The van der Waals surface area contributed by atoms with E-state index in [1.54, 1.807) is 88.0 Å². The molecule has 8 aliphatic heterocycles. The van der Waals surface area contributed by atoms with Crippen LogP contribution in [0, 0.1) is 73.0 Å². The van der Waals surface area contributed by atoms with E-state index < -0.39 is 40.1 Å². The van der Waals surface area contributed by atoms with E-state index in [-0.39, 0.29) is 21.7 Å². The van der Waals surface area contributed by atoms with Gasteiger partial charge in [0.05, 0.1) is 19.6 Å². The summed E-state index contributed by atoms with van der Waals surface area (Å²) in [5.41, 5.74) is 20.8. The van der Waals surface area contributed by atoms with Crippen LogP contribution in [0.5, 0.6) is 0 Å². The Morgan fingerprint density at radius 2 is 0.433 bits per heavy atom. The number of hydrogen-bond donors (Lipinski definition) is 0. The number of fused-ring (bicyclic) bond motifs is 12. The first-order valence-corrected chi connectivity index (χ1v) is 49.9. The number of anilines is 4. The van der Waals surface area contributed by atoms with Crippen LogP contribution in [-0.2, 0) is 40.1 Å². The summed E-state index contributed by atoms with van der Waals surface area (Å²) in [6.45, 7) is 24.3. The van der Waals surface area contributed by atoms with E-state index in [1.807, 2.05) is 76.2 Å². The Hall–Kier alpha value is -8.44. The molecule has 0 spiro atoms. The van der Waals surface area contributed by atoms with Gasteiger partial charge < -0.3 is 19.6 Å². The first-order valence-electron chi connectivity index (χ1n) is 44.1. The SMILES string of the molecule is Cc1ccc(S(=O)(=O)N2CCN3c4ccccc4[C@@H]4C(C5CC5)=C[C@](C)(C2)[C@@H]43)cc1.Cc1ccc(S(=O)(=O)N2CCN3c4ccccc4[C@@H]4C(C5CC5)=C[C@](C)(C2)[C@@H]43)cc1.Cc1ccc(S(=O)(=O)N2CCN3c4ccccc4[C@H]4C(C5CC5)=C[C@@](C)(C2)[C@H]43)cc1.Cc1ccc(S(=O)(=O)N2CCN3c4ccccc4[C@H]4C(C5CC5)=C[C@@](C)(C2)[C@H]43)cc1. The van der Waals surface area contributed by atoms with Gasteiger partial charge in [-0.2, -0.15) is 17.2 Å². The van der Waals surface area contributed by atoms with Gasteiger partial charge in [-0.25, -0.2) is 33.7 Å². The van der Waals surface area contributed by atoms with Crippen LogP contribution in [0.1, 0.15) is 147 Å². The Bertz CT molecular complexity index is 5340. The maximum absolute atomic E-state index is 13.5. The average Bonchev–Trinajstić information content (AvgIpc) is 1.55. The molecule has 0 aromatic heterocycles. The highest BCUT2D eigenvalue weighted by atomic mass is 32.2. The smallest absolute Gasteiger partial charge is 0.243 e. The third-order valence-electron chi connectivity index (χ3n) is 30.3. The predicted molar refractivity (Wildman–Crippen MR) is 477 cm³/mol. The number of rotatable bonds is 12. The summed E-state index contributed by atoms with van der Waals surface area (Å²) in [5.74, 6) is 4.42. The van der Waals surface area contributed by atoms with E-state index in [0.717, 1.165) is 48.4 Å². The fourth-order valence-corrected chi connectivity index (χ4v) is 30.6. The monoisotopic (exact) mass is 1680 g/mol. The van der Waals surface area contributed by atoms with Gasteiger partial charge in [0.15, 0.2) is 0 Å². The number of hydrogen-bond acceptors (Lipinski definition) is 12. The van der Waals surface area contributed by atoms with Crippen molar-refractivity contribution in [3.05, 3.63) is 285 Å². The first-order chi connectivity index (χ1) is 57.5. The normalized spacial score (nSPS) is 30.6. The number of benzene rings is 8. The molecule has 12 atom stereocenters. The van der Waals surface area contributed by atoms with Crippen LogP contribution in [-0.4, -0.2) is 154 Å². The van der Waals surface area contributed by atoms with Gasteiger partial charge in [0, 0.05) is 171 Å². The second-order valence-electron chi connectivity index (χ2n) is 39.0. The number of sulfonamides is 4. The van der Waals surface area contributed by atoms with Gasteiger partial charge in [0.2, 0.25) is 40.1 Å². The Kier molecular flexibility index (Phi) is 18.8. The molecule has 0 N–H and O–H groups in total. The second kappa shape index (κ2) is 28.6. The van der Waals surface area contributed by atoms with Gasteiger partial charge in [-0.3, -0.25) is 0 Å². The molecule has 4 saturated heterocycles. The van der Waals surface area contributed by atoms with Crippen molar-refractivity contribution in [2.75, 3.05) is 98.1 Å². The highest BCUT2D eigenvalue weighted by Crippen LogP contribution is 2.67. The molecule has 0 unspecified atom stereocenters. The van der Waals surface area contributed by atoms with E-state index in [9.17, 15) is 33.7 Å². The molecule has 8 heterocycles. The molecule has 0 amide bonds. The standard InChI is InChI=1S/4C25H28N2O2S/c4*1-17-7-11-19(12-8-17)30(28,29)26-13-14-27-22-6-4-3-5-20(22)23-21(18-9-10-18)15-25(2,16-26)24(23)27/h4*3-8,11-12,15,18,23-24H,9-10,13-14,16H2,1-2H3/t4*23-,24-,25-/m1100/s1. The Morgan fingerprint density at radius 1 is 0.250 bits per heavy atom. The maximum atomic E-state index is 13.5. The topological polar surface area (TPSA) is 162 Å². The van der Waals surface area contributed by atoms with Gasteiger partial charge in [-0.15, -0.1) is 0 Å². The number of aryl methyl sites for hydroxylation is 4. The van der Waals surface area contributed by atoms with E-state index >= 15 is 0 Å². The maximum Gasteiger partial charge on any atom is 0.243 e. The van der Waals surface area contributed by atoms with Crippen LogP contribution in [0.2, 0.25) is 0 Å². The van der Waals surface area contributed by atoms with Crippen molar-refractivity contribution in [1.82, 2.24) is 17.2 Å². The zero-order chi connectivity index (χ0) is 82.7. The minimum absolute atomic E-state index is 0.185. The highest BCUT2D eigenvalue weighted by molar-refractivity contribution is 7.90. The predicted octanol–water partition coefficient (Wildman–Crippen LogP) is 17.3. The molecule has 8 aromatic carbocycles. The summed E-state index contributed by atoms with van der Waals surface area (Å²) in [7, 11) is -14.1. The molecule has 120 heavy (non-hydrogen) atoms. The van der Waals surface area contributed by atoms with Crippen LogP contribution in [0.3, 0.4) is 0 Å². The van der Waals surface area contributed by atoms with Crippen molar-refractivity contribution in [2.45, 2.75) is 174 Å². The summed E-state index contributed by atoms with van der Waals surface area (Å²) in [5, 5.41) is 0. The lowest BCUT2D eigenvalue weighted by atomic mass is 9.81. The molecule has 624 valence electrons. The lowest BCUT2D eigenvalue weighted by Gasteiger charge is -2.36. The zero-order valence-corrected chi connectivity index (χ0v) is 73.6. The van der Waals surface area contributed by atoms with E-state index in [0.29, 0.717) is 143 Å². The summed E-state index contributed by atoms with van der Waals surface area (Å²) >= 11 is 0. The third kappa shape index (κ3) is 13.0. The molecule has 8 aromatic rings. The first kappa shape index (κ1) is 78.8. The summed E-state index contributed by atoms with van der Waals surface area (Å²) in [6.07, 6.45) is 20.1. The van der Waals surface area contributed by atoms with Gasteiger partial charge >= 0.3 is 0 Å². The zero-order valence-electron chi connectivity index (χ0n) is 70.3. The largest absolute Gasteiger partial charge is 0.365 e. The summed E-state index contributed by atoms with van der Waals surface area (Å²) in [4.78, 5) is 11.7. The van der Waals surface area contributed by atoms with Crippen molar-refractivity contribution in [3.8, 4) is 0 Å². The van der Waals surface area contributed by atoms with Crippen LogP contribution in [0.15, 0.2) is 260 Å². The van der Waals surface area contributed by atoms with Crippen molar-refractivity contribution in [2.24, 2.45) is 45.3 Å². The van der Waals surface area contributed by atoms with Crippen molar-refractivity contribution in [3.63, 3.8) is 0 Å². The minimum atomic E-state index is -3.52. The fraction of sp³-hybridized carbons (Fsp3) is 0.440. The van der Waals surface area contributed by atoms with Crippen LogP contribution in [0.25, 0.3) is 0 Å². The fourth-order valence-electron chi connectivity index (χ4n) is 24.4. The van der Waals surface area contributed by atoms with Crippen molar-refractivity contribution < 1.29 is 33.7 Å². The summed E-state index contributed by atoms with van der Waals surface area (Å²) in [6, 6.07) is 65.5. The number of nitrogens with zero attached hydrogens (tertiary/aromatic N) is 8. The van der Waals surface area contributed by atoms with Crippen molar-refractivity contribution >= 4 is 62.8 Å². The molecular formula is C100H112N8O8S4. The van der Waals surface area contributed by atoms with E-state index in [2.05, 4.69) is 169 Å². The molecule has 0 bridgehead atoms. The lowest BCUT2D eigenvalue weighted by Crippen LogP contribution is -2.45. The van der Waals surface area contributed by atoms with Gasteiger partial charge in [0.25, 0.3) is 0 Å². The van der Waals surface area contributed by atoms with E-state index in [1.165, 1.54) is 96.4 Å². The molecule has 16 nitrogen and oxygen atoms in total. The molecule has 8 fully saturated rings. The average molecular weight is 1680 g/mol. The number of para-hydroxylation sites is 4. The molecule has 24 rings (SSSR count). The molecule has 16 aliphatic rings. The van der Waals surface area contributed by atoms with Crippen LogP contribution < -0.4 is 19.6 Å². The minimum Gasteiger partial charge on any atom is -0.365 e. The lowest BCUT2D eigenvalue weighted by molar-refractivity contribution is 0.287. The van der Waals surface area contributed by atoms with Crippen LogP contribution >= 0.6 is 0 Å². The highest BCUT2D eigenvalue weighted by Gasteiger charge is 2.63. The quantitative estimate of drug-likeness (QED) is 0.107. The van der Waals surface area contributed by atoms with Gasteiger partial charge in [-0.05, 0) is 198 Å². The molecule has 0 radical (unpaired) electrons. The third-order valence-corrected chi connectivity index (χ3v) is 37.8. The summed E-state index contributed by atoms with van der Waals surface area (Å²) < 4.78 is 115. The Morgan fingerprint density at radius 3 is 0.617 bits per heavy atom. The molecular weight excluding hydrogens is 1570 g/mol. The second-order valence-corrected chi connectivity index (χ2v) is 46.8. The van der Waals surface area contributed by atoms with Crippen LogP contribution in [0.4, 0.5) is 22.7 Å².